The molecular formula is C13H16BrN3O5S. The standard InChI is InChI=1S/C13H16BrN3O5S/c1-23(21,22)16-6-2-3-9(8-16)13(18)15-10-4-5-11(14)12(7-10)17(19)20/h4-5,7,9H,2-3,6,8H2,1H3,(H,15,18)/t9-/m1/s1. The van der Waals surface area contributed by atoms with Gasteiger partial charge in [-0.25, -0.2) is 12.7 Å². The fourth-order valence-corrected chi connectivity index (χ4v) is 3.74. The number of nitro benzene ring substituents is 1. The van der Waals surface area contributed by atoms with E-state index in [4.69, 9.17) is 0 Å². The topological polar surface area (TPSA) is 110 Å². The number of amides is 1. The number of carbonyl (C=O) groups is 1. The van der Waals surface area contributed by atoms with Gasteiger partial charge in [-0.05, 0) is 40.9 Å². The van der Waals surface area contributed by atoms with Crippen molar-refractivity contribution in [1.82, 2.24) is 4.31 Å². The molecule has 1 aromatic rings. The van der Waals surface area contributed by atoms with E-state index >= 15 is 0 Å². The van der Waals surface area contributed by atoms with Crippen molar-refractivity contribution in [2.24, 2.45) is 5.92 Å². The number of carbonyl (C=O) groups excluding carboxylic acids is 1. The van der Waals surface area contributed by atoms with Crippen LogP contribution in [0.2, 0.25) is 0 Å². The molecule has 2 rings (SSSR count). The molecule has 1 amide bonds. The summed E-state index contributed by atoms with van der Waals surface area (Å²) in [4.78, 5) is 22.6. The fraction of sp³-hybridized carbons (Fsp3) is 0.462. The van der Waals surface area contributed by atoms with E-state index in [1.807, 2.05) is 0 Å². The summed E-state index contributed by atoms with van der Waals surface area (Å²) in [6.07, 6.45) is 2.30. The summed E-state index contributed by atoms with van der Waals surface area (Å²) in [5.41, 5.74) is 0.158. The molecule has 1 N–H and O–H groups in total. The van der Waals surface area contributed by atoms with Gasteiger partial charge in [-0.15, -0.1) is 0 Å². The molecular weight excluding hydrogens is 390 g/mol. The smallest absolute Gasteiger partial charge is 0.285 e. The highest BCUT2D eigenvalue weighted by Crippen LogP contribution is 2.28. The Labute approximate surface area is 142 Å². The Kier molecular flexibility index (Phi) is 5.37. The average Bonchev–Trinajstić information content (AvgIpc) is 2.48. The number of nitrogens with zero attached hydrogens (tertiary/aromatic N) is 2. The molecule has 0 radical (unpaired) electrons. The normalized spacial score (nSPS) is 19.3. The summed E-state index contributed by atoms with van der Waals surface area (Å²) >= 11 is 3.08. The van der Waals surface area contributed by atoms with Crippen LogP contribution < -0.4 is 5.32 Å². The van der Waals surface area contributed by atoms with Crippen LogP contribution >= 0.6 is 15.9 Å². The van der Waals surface area contributed by atoms with Crippen molar-refractivity contribution >= 4 is 43.2 Å². The Hall–Kier alpha value is -1.52. The SMILES string of the molecule is CS(=O)(=O)N1CCC[C@@H](C(=O)Nc2ccc(Br)c([N+](=O)[O-])c2)C1. The maximum Gasteiger partial charge on any atom is 0.285 e. The van der Waals surface area contributed by atoms with Gasteiger partial charge in [-0.3, -0.25) is 14.9 Å². The lowest BCUT2D eigenvalue weighted by Gasteiger charge is -2.30. The molecule has 1 saturated heterocycles. The van der Waals surface area contributed by atoms with Gasteiger partial charge in [0, 0.05) is 24.8 Å². The van der Waals surface area contributed by atoms with Gasteiger partial charge in [-0.2, -0.15) is 0 Å². The van der Waals surface area contributed by atoms with Crippen LogP contribution in [0.5, 0.6) is 0 Å². The van der Waals surface area contributed by atoms with Crippen LogP contribution in [0.1, 0.15) is 12.8 Å². The molecule has 1 aromatic carbocycles. The van der Waals surface area contributed by atoms with Crippen molar-refractivity contribution in [3.63, 3.8) is 0 Å². The molecule has 0 aromatic heterocycles. The lowest BCUT2D eigenvalue weighted by atomic mass is 9.98. The Morgan fingerprint density at radius 3 is 2.78 bits per heavy atom. The Balaban J connectivity index is 2.10. The van der Waals surface area contributed by atoms with E-state index in [2.05, 4.69) is 21.2 Å². The largest absolute Gasteiger partial charge is 0.326 e. The third kappa shape index (κ3) is 4.49. The highest BCUT2D eigenvalue weighted by Gasteiger charge is 2.30. The van der Waals surface area contributed by atoms with Crippen LogP contribution in [0.25, 0.3) is 0 Å². The fourth-order valence-electron chi connectivity index (χ4n) is 2.43. The number of nitrogens with one attached hydrogen (secondary N) is 1. The summed E-state index contributed by atoms with van der Waals surface area (Å²) in [5, 5.41) is 13.5. The van der Waals surface area contributed by atoms with Crippen LogP contribution in [0, 0.1) is 16.0 Å². The average molecular weight is 406 g/mol. The predicted molar refractivity (Wildman–Crippen MR) is 88.6 cm³/mol. The minimum atomic E-state index is -3.33. The van der Waals surface area contributed by atoms with Crippen molar-refractivity contribution in [3.05, 3.63) is 32.8 Å². The zero-order valence-electron chi connectivity index (χ0n) is 12.4. The number of hydrogen-bond acceptors (Lipinski definition) is 5. The maximum absolute atomic E-state index is 12.3. The first-order chi connectivity index (χ1) is 10.7. The number of halogens is 1. The van der Waals surface area contributed by atoms with Crippen LogP contribution in [-0.2, 0) is 14.8 Å². The third-order valence-corrected chi connectivity index (χ3v) is 5.57. The lowest BCUT2D eigenvalue weighted by molar-refractivity contribution is -0.385. The molecule has 0 spiro atoms. The second-order valence-electron chi connectivity index (χ2n) is 5.37. The number of anilines is 1. The molecule has 1 heterocycles. The van der Waals surface area contributed by atoms with E-state index < -0.39 is 20.9 Å². The quantitative estimate of drug-likeness (QED) is 0.607. The van der Waals surface area contributed by atoms with Gasteiger partial charge in [0.1, 0.15) is 0 Å². The molecule has 1 aliphatic heterocycles. The first kappa shape index (κ1) is 17.8. The molecule has 1 atom stereocenters. The molecule has 23 heavy (non-hydrogen) atoms. The summed E-state index contributed by atoms with van der Waals surface area (Å²) in [6.45, 7) is 0.537. The molecule has 0 aliphatic carbocycles. The molecule has 0 unspecified atom stereocenters. The molecule has 1 fully saturated rings. The van der Waals surface area contributed by atoms with E-state index in [0.717, 1.165) is 6.26 Å². The number of nitro groups is 1. The summed E-state index contributed by atoms with van der Waals surface area (Å²) in [7, 11) is -3.33. The molecule has 8 nitrogen and oxygen atoms in total. The minimum absolute atomic E-state index is 0.128. The second-order valence-corrected chi connectivity index (χ2v) is 8.21. The van der Waals surface area contributed by atoms with E-state index in [1.54, 1.807) is 6.07 Å². The number of rotatable bonds is 4. The molecule has 1 aliphatic rings. The maximum atomic E-state index is 12.3. The Morgan fingerprint density at radius 2 is 2.17 bits per heavy atom. The second kappa shape index (κ2) is 6.93. The third-order valence-electron chi connectivity index (χ3n) is 3.63. The lowest BCUT2D eigenvalue weighted by Crippen LogP contribution is -2.43. The summed E-state index contributed by atoms with van der Waals surface area (Å²) in [5.74, 6) is -0.809. The van der Waals surface area contributed by atoms with Crippen LogP contribution in [0.15, 0.2) is 22.7 Å². The highest BCUT2D eigenvalue weighted by atomic mass is 79.9. The van der Waals surface area contributed by atoms with Gasteiger partial charge in [0.2, 0.25) is 15.9 Å². The number of sulfonamides is 1. The van der Waals surface area contributed by atoms with Gasteiger partial charge >= 0.3 is 0 Å². The zero-order valence-corrected chi connectivity index (χ0v) is 14.8. The van der Waals surface area contributed by atoms with Crippen molar-refractivity contribution in [3.8, 4) is 0 Å². The van der Waals surface area contributed by atoms with E-state index in [0.29, 0.717) is 29.5 Å². The van der Waals surface area contributed by atoms with Crippen LogP contribution in [0.4, 0.5) is 11.4 Å². The van der Waals surface area contributed by atoms with Gasteiger partial charge < -0.3 is 5.32 Å². The first-order valence-electron chi connectivity index (χ1n) is 6.88. The first-order valence-corrected chi connectivity index (χ1v) is 9.52. The van der Waals surface area contributed by atoms with Crippen molar-refractivity contribution in [2.45, 2.75) is 12.8 Å². The van der Waals surface area contributed by atoms with Gasteiger partial charge in [0.15, 0.2) is 0 Å². The van der Waals surface area contributed by atoms with E-state index in [9.17, 15) is 23.3 Å². The predicted octanol–water partition coefficient (Wildman–Crippen LogP) is 1.97. The molecule has 0 bridgehead atoms. The van der Waals surface area contributed by atoms with Gasteiger partial charge in [0.25, 0.3) is 5.69 Å². The van der Waals surface area contributed by atoms with Crippen LogP contribution in [0.3, 0.4) is 0 Å². The molecule has 126 valence electrons. The summed E-state index contributed by atoms with van der Waals surface area (Å²) < 4.78 is 24.8. The monoisotopic (exact) mass is 405 g/mol. The highest BCUT2D eigenvalue weighted by molar-refractivity contribution is 9.10. The zero-order chi connectivity index (χ0) is 17.2. The van der Waals surface area contributed by atoms with E-state index in [-0.39, 0.29) is 18.1 Å². The minimum Gasteiger partial charge on any atom is -0.326 e. The van der Waals surface area contributed by atoms with Crippen molar-refractivity contribution < 1.29 is 18.1 Å². The van der Waals surface area contributed by atoms with Crippen LogP contribution in [-0.4, -0.2) is 42.9 Å². The Morgan fingerprint density at radius 1 is 1.48 bits per heavy atom. The van der Waals surface area contributed by atoms with Gasteiger partial charge in [-0.1, -0.05) is 0 Å². The van der Waals surface area contributed by atoms with Crippen molar-refractivity contribution in [2.75, 3.05) is 24.7 Å². The number of benzene rings is 1. The van der Waals surface area contributed by atoms with Gasteiger partial charge in [0.05, 0.1) is 21.6 Å². The Bertz CT molecular complexity index is 737. The molecule has 10 heteroatoms. The number of piperidine rings is 1. The van der Waals surface area contributed by atoms with Crippen molar-refractivity contribution in [1.29, 1.82) is 0 Å². The molecule has 0 saturated carbocycles. The number of hydrogen-bond donors (Lipinski definition) is 1. The van der Waals surface area contributed by atoms with E-state index in [1.165, 1.54) is 16.4 Å². The summed E-state index contributed by atoms with van der Waals surface area (Å²) in [6, 6.07) is 4.29.